The first-order chi connectivity index (χ1) is 6.50. The number of ketones is 1. The monoisotopic (exact) mass is 212 g/mol. The molecule has 0 aliphatic carbocycles. The molecule has 14 heavy (non-hydrogen) atoms. The van der Waals surface area contributed by atoms with E-state index in [2.05, 4.69) is 0 Å². The summed E-state index contributed by atoms with van der Waals surface area (Å²) in [7, 11) is 0. The molecule has 1 rings (SSSR count). The predicted octanol–water partition coefficient (Wildman–Crippen LogP) is 3.47. The van der Waals surface area contributed by atoms with E-state index in [1.165, 1.54) is 19.1 Å². The van der Waals surface area contributed by atoms with E-state index in [9.17, 15) is 9.18 Å². The van der Waals surface area contributed by atoms with Crippen molar-refractivity contribution in [3.63, 3.8) is 0 Å². The van der Waals surface area contributed by atoms with Crippen LogP contribution in [0.5, 0.6) is 0 Å². The van der Waals surface area contributed by atoms with Crippen molar-refractivity contribution in [2.24, 2.45) is 0 Å². The van der Waals surface area contributed by atoms with Gasteiger partial charge < -0.3 is 0 Å². The van der Waals surface area contributed by atoms with Crippen LogP contribution >= 0.6 is 11.6 Å². The number of hydrogen-bond donors (Lipinski definition) is 0. The summed E-state index contributed by atoms with van der Waals surface area (Å²) in [5.41, 5.74) is 0.897. The molecular weight excluding hydrogens is 203 g/mol. The fourth-order valence-electron chi connectivity index (χ4n) is 0.953. The molecule has 0 atom stereocenters. The zero-order valence-electron chi connectivity index (χ0n) is 7.97. The summed E-state index contributed by atoms with van der Waals surface area (Å²) in [5.74, 6) is -0.488. The van der Waals surface area contributed by atoms with Gasteiger partial charge in [-0.3, -0.25) is 4.79 Å². The first kappa shape index (κ1) is 10.9. The normalized spacial score (nSPS) is 11.6. The first-order valence-corrected chi connectivity index (χ1v) is 4.53. The van der Waals surface area contributed by atoms with Crippen LogP contribution in [0.4, 0.5) is 4.39 Å². The number of hydrogen-bond acceptors (Lipinski definition) is 1. The van der Waals surface area contributed by atoms with Crippen LogP contribution in [-0.2, 0) is 4.79 Å². The number of Topliss-reactive ketones (excluding diaryl/α,β-unsaturated/α-hetero) is 1. The van der Waals surface area contributed by atoms with E-state index < -0.39 is 5.82 Å². The molecule has 1 aromatic carbocycles. The van der Waals surface area contributed by atoms with Gasteiger partial charge >= 0.3 is 0 Å². The Labute approximate surface area is 87.2 Å². The standard InChI is InChI=1S/C11H10ClFO/c1-7(8(2)14)5-9-3-4-10(12)6-11(9)13/h3-6H,1-2H3/b7-5+. The number of rotatable bonds is 2. The van der Waals surface area contributed by atoms with Crippen LogP contribution in [0.25, 0.3) is 6.08 Å². The van der Waals surface area contributed by atoms with Gasteiger partial charge in [0.25, 0.3) is 0 Å². The van der Waals surface area contributed by atoms with Crippen LogP contribution < -0.4 is 0 Å². The molecule has 0 spiro atoms. The van der Waals surface area contributed by atoms with E-state index in [1.54, 1.807) is 19.1 Å². The number of halogens is 2. The third-order valence-electron chi connectivity index (χ3n) is 1.89. The Kier molecular flexibility index (Phi) is 3.42. The molecule has 0 aromatic heterocycles. The van der Waals surface area contributed by atoms with E-state index in [4.69, 9.17) is 11.6 Å². The van der Waals surface area contributed by atoms with Crippen molar-refractivity contribution in [2.75, 3.05) is 0 Å². The molecule has 0 fully saturated rings. The highest BCUT2D eigenvalue weighted by Crippen LogP contribution is 2.17. The van der Waals surface area contributed by atoms with Crippen molar-refractivity contribution in [3.05, 3.63) is 40.2 Å². The molecule has 0 unspecified atom stereocenters. The minimum absolute atomic E-state index is 0.0700. The third-order valence-corrected chi connectivity index (χ3v) is 2.12. The average Bonchev–Trinajstić information content (AvgIpc) is 2.09. The molecule has 3 heteroatoms. The maximum Gasteiger partial charge on any atom is 0.155 e. The SMILES string of the molecule is CC(=O)/C(C)=C/c1ccc(Cl)cc1F. The summed E-state index contributed by atoms with van der Waals surface area (Å²) in [6.07, 6.45) is 1.51. The number of allylic oxidation sites excluding steroid dienone is 1. The zero-order chi connectivity index (χ0) is 10.7. The second-order valence-electron chi connectivity index (χ2n) is 3.05. The summed E-state index contributed by atoms with van der Waals surface area (Å²) >= 11 is 5.59. The number of carbonyl (C=O) groups is 1. The van der Waals surface area contributed by atoms with Crippen molar-refractivity contribution in [1.82, 2.24) is 0 Å². The Morgan fingerprint density at radius 1 is 1.43 bits per heavy atom. The van der Waals surface area contributed by atoms with Gasteiger partial charge in [-0.2, -0.15) is 0 Å². The van der Waals surface area contributed by atoms with E-state index >= 15 is 0 Å². The molecule has 1 aromatic rings. The summed E-state index contributed by atoms with van der Waals surface area (Å²) in [5, 5.41) is 0.347. The molecule has 0 aliphatic heterocycles. The van der Waals surface area contributed by atoms with E-state index in [-0.39, 0.29) is 5.78 Å². The maximum atomic E-state index is 13.2. The van der Waals surface area contributed by atoms with Crippen molar-refractivity contribution in [2.45, 2.75) is 13.8 Å². The molecule has 0 N–H and O–H groups in total. The van der Waals surface area contributed by atoms with Crippen molar-refractivity contribution in [1.29, 1.82) is 0 Å². The van der Waals surface area contributed by atoms with Crippen molar-refractivity contribution < 1.29 is 9.18 Å². The van der Waals surface area contributed by atoms with Gasteiger partial charge in [0, 0.05) is 10.6 Å². The van der Waals surface area contributed by atoms with Crippen LogP contribution in [0, 0.1) is 5.82 Å². The highest BCUT2D eigenvalue weighted by molar-refractivity contribution is 6.30. The number of benzene rings is 1. The van der Waals surface area contributed by atoms with Crippen LogP contribution in [0.1, 0.15) is 19.4 Å². The smallest absolute Gasteiger partial charge is 0.155 e. The Balaban J connectivity index is 3.09. The molecular formula is C11H10ClFO. The minimum atomic E-state index is -0.418. The number of carbonyl (C=O) groups excluding carboxylic acids is 1. The largest absolute Gasteiger partial charge is 0.295 e. The summed E-state index contributed by atoms with van der Waals surface area (Å²) in [6, 6.07) is 4.36. The Hall–Kier alpha value is -1.15. The van der Waals surface area contributed by atoms with Crippen LogP contribution in [-0.4, -0.2) is 5.78 Å². The summed E-state index contributed by atoms with van der Waals surface area (Å²) in [4.78, 5) is 10.9. The van der Waals surface area contributed by atoms with Crippen LogP contribution in [0.15, 0.2) is 23.8 Å². The van der Waals surface area contributed by atoms with Crippen LogP contribution in [0.3, 0.4) is 0 Å². The molecule has 0 heterocycles. The van der Waals surface area contributed by atoms with Gasteiger partial charge in [0.1, 0.15) is 5.82 Å². The molecule has 0 amide bonds. The first-order valence-electron chi connectivity index (χ1n) is 4.15. The fraction of sp³-hybridized carbons (Fsp3) is 0.182. The lowest BCUT2D eigenvalue weighted by Crippen LogP contribution is -1.92. The summed E-state index contributed by atoms with van der Waals surface area (Å²) < 4.78 is 13.2. The van der Waals surface area contributed by atoms with Crippen molar-refractivity contribution >= 4 is 23.5 Å². The molecule has 0 saturated heterocycles. The van der Waals surface area contributed by atoms with Gasteiger partial charge in [-0.15, -0.1) is 0 Å². The lowest BCUT2D eigenvalue weighted by molar-refractivity contribution is -0.113. The van der Waals surface area contributed by atoms with Crippen molar-refractivity contribution in [3.8, 4) is 0 Å². The lowest BCUT2D eigenvalue weighted by Gasteiger charge is -1.99. The fourth-order valence-corrected chi connectivity index (χ4v) is 1.11. The maximum absolute atomic E-state index is 13.2. The van der Waals surface area contributed by atoms with Gasteiger partial charge in [-0.05, 0) is 37.6 Å². The molecule has 0 bridgehead atoms. The topological polar surface area (TPSA) is 17.1 Å². The van der Waals surface area contributed by atoms with Gasteiger partial charge in [-0.1, -0.05) is 17.7 Å². The summed E-state index contributed by atoms with van der Waals surface area (Å²) in [6.45, 7) is 3.09. The minimum Gasteiger partial charge on any atom is -0.295 e. The third kappa shape index (κ3) is 2.67. The second-order valence-corrected chi connectivity index (χ2v) is 3.49. The second kappa shape index (κ2) is 4.38. The predicted molar refractivity (Wildman–Crippen MR) is 55.7 cm³/mol. The van der Waals surface area contributed by atoms with Gasteiger partial charge in [0.05, 0.1) is 0 Å². The zero-order valence-corrected chi connectivity index (χ0v) is 8.73. The van der Waals surface area contributed by atoms with Crippen LogP contribution in [0.2, 0.25) is 5.02 Å². The van der Waals surface area contributed by atoms with E-state index in [1.807, 2.05) is 0 Å². The van der Waals surface area contributed by atoms with Gasteiger partial charge in [-0.25, -0.2) is 4.39 Å². The highest BCUT2D eigenvalue weighted by atomic mass is 35.5. The average molecular weight is 213 g/mol. The Morgan fingerprint density at radius 3 is 2.57 bits per heavy atom. The highest BCUT2D eigenvalue weighted by Gasteiger charge is 2.02. The van der Waals surface area contributed by atoms with E-state index in [0.29, 0.717) is 16.2 Å². The molecule has 0 aliphatic rings. The lowest BCUT2D eigenvalue weighted by atomic mass is 10.1. The Bertz CT molecular complexity index is 396. The van der Waals surface area contributed by atoms with E-state index in [0.717, 1.165) is 0 Å². The molecule has 1 nitrogen and oxygen atoms in total. The molecule has 0 saturated carbocycles. The van der Waals surface area contributed by atoms with Gasteiger partial charge in [0.2, 0.25) is 0 Å². The van der Waals surface area contributed by atoms with Gasteiger partial charge in [0.15, 0.2) is 5.78 Å². The Morgan fingerprint density at radius 2 is 2.07 bits per heavy atom. The molecule has 74 valence electrons. The quantitative estimate of drug-likeness (QED) is 0.686. The molecule has 0 radical (unpaired) electrons.